The molecule has 3 N–H and O–H groups in total. The highest BCUT2D eigenvalue weighted by molar-refractivity contribution is 5.86. The molecule has 3 aromatic rings. The number of fused-ring (bicyclic) bond motifs is 1. The predicted octanol–water partition coefficient (Wildman–Crippen LogP) is 3.01. The van der Waals surface area contributed by atoms with Gasteiger partial charge in [-0.2, -0.15) is 0 Å². The second-order valence-corrected chi connectivity index (χ2v) is 4.77. The lowest BCUT2D eigenvalue weighted by atomic mass is 10.1. The van der Waals surface area contributed by atoms with E-state index in [2.05, 4.69) is 0 Å². The van der Waals surface area contributed by atoms with E-state index in [1.54, 1.807) is 0 Å². The zero-order chi connectivity index (χ0) is 15.9. The molecule has 0 spiro atoms. The summed E-state index contributed by atoms with van der Waals surface area (Å²) in [7, 11) is 0. The fourth-order valence-electron chi connectivity index (χ4n) is 2.05. The van der Waals surface area contributed by atoms with Crippen LogP contribution in [0, 0.1) is 6.92 Å². The molecular weight excluding hydrogens is 288 g/mol. The average Bonchev–Trinajstić information content (AvgIpc) is 2.47. The van der Waals surface area contributed by atoms with Crippen molar-refractivity contribution in [1.82, 2.24) is 0 Å². The molecular formula is C16H12O6. The van der Waals surface area contributed by atoms with E-state index in [0.29, 0.717) is 5.75 Å². The third-order valence-corrected chi connectivity index (χ3v) is 3.25. The largest absolute Gasteiger partial charge is 0.508 e. The highest BCUT2D eigenvalue weighted by Crippen LogP contribution is 2.35. The number of ether oxygens (including phenoxy) is 1. The number of aromatic hydroxyl groups is 3. The van der Waals surface area contributed by atoms with Crippen LogP contribution in [0.2, 0.25) is 0 Å². The molecule has 0 bridgehead atoms. The van der Waals surface area contributed by atoms with Gasteiger partial charge in [-0.3, -0.25) is 4.79 Å². The van der Waals surface area contributed by atoms with Gasteiger partial charge in [-0.25, -0.2) is 0 Å². The van der Waals surface area contributed by atoms with Gasteiger partial charge in [0.1, 0.15) is 34.0 Å². The topological polar surface area (TPSA) is 100 Å². The molecule has 0 aliphatic heterocycles. The zero-order valence-electron chi connectivity index (χ0n) is 11.5. The summed E-state index contributed by atoms with van der Waals surface area (Å²) in [5.74, 6) is -0.154. The Kier molecular flexibility index (Phi) is 3.14. The van der Waals surface area contributed by atoms with Crippen molar-refractivity contribution in [2.45, 2.75) is 6.92 Å². The van der Waals surface area contributed by atoms with Gasteiger partial charge < -0.3 is 24.5 Å². The monoisotopic (exact) mass is 300 g/mol. The van der Waals surface area contributed by atoms with Gasteiger partial charge in [0.15, 0.2) is 5.43 Å². The Morgan fingerprint density at radius 1 is 1.05 bits per heavy atom. The molecule has 3 rings (SSSR count). The van der Waals surface area contributed by atoms with Crippen LogP contribution in [0.5, 0.6) is 28.9 Å². The third-order valence-electron chi connectivity index (χ3n) is 3.25. The predicted molar refractivity (Wildman–Crippen MR) is 78.7 cm³/mol. The van der Waals surface area contributed by atoms with Crippen molar-refractivity contribution in [1.29, 1.82) is 0 Å². The number of hydrogen-bond acceptors (Lipinski definition) is 6. The van der Waals surface area contributed by atoms with Gasteiger partial charge in [-0.05, 0) is 31.2 Å². The number of rotatable bonds is 2. The first kappa shape index (κ1) is 13.8. The molecule has 0 radical (unpaired) electrons. The Hall–Kier alpha value is -3.15. The lowest BCUT2D eigenvalue weighted by molar-refractivity contribution is 0.351. The smallest absolute Gasteiger partial charge is 0.294 e. The summed E-state index contributed by atoms with van der Waals surface area (Å²) >= 11 is 0. The summed E-state index contributed by atoms with van der Waals surface area (Å²) in [6.07, 6.45) is 0. The Bertz CT molecular complexity index is 909. The Balaban J connectivity index is 2.11. The lowest BCUT2D eigenvalue weighted by Crippen LogP contribution is -2.01. The summed E-state index contributed by atoms with van der Waals surface area (Å²) < 4.78 is 10.8. The van der Waals surface area contributed by atoms with E-state index in [1.807, 2.05) is 0 Å². The molecule has 0 atom stereocenters. The molecule has 1 aromatic heterocycles. The highest BCUT2D eigenvalue weighted by Gasteiger charge is 2.15. The first-order valence-corrected chi connectivity index (χ1v) is 6.42. The van der Waals surface area contributed by atoms with Crippen molar-refractivity contribution in [2.24, 2.45) is 0 Å². The fraction of sp³-hybridized carbons (Fsp3) is 0.0625. The standard InChI is InChI=1S/C16H12O6/c1-8-11(18)6-13-15(16(8)20)12(19)7-14(22-13)21-10-4-2-9(17)3-5-10/h2-7,17-18,20H,1H3. The van der Waals surface area contributed by atoms with Gasteiger partial charge in [-0.1, -0.05) is 0 Å². The summed E-state index contributed by atoms with van der Waals surface area (Å²) in [5.41, 5.74) is -0.274. The SMILES string of the molecule is Cc1c(O)cc2oc(Oc3ccc(O)cc3)cc(=O)c2c1O. The highest BCUT2D eigenvalue weighted by atomic mass is 16.6. The van der Waals surface area contributed by atoms with Gasteiger partial charge in [-0.15, -0.1) is 0 Å². The van der Waals surface area contributed by atoms with Crippen molar-refractivity contribution in [3.63, 3.8) is 0 Å². The van der Waals surface area contributed by atoms with Crippen molar-refractivity contribution < 1.29 is 24.5 Å². The number of phenolic OH excluding ortho intramolecular Hbond substituents is 3. The van der Waals surface area contributed by atoms with Crippen molar-refractivity contribution >= 4 is 11.0 Å². The number of benzene rings is 2. The first-order chi connectivity index (χ1) is 10.5. The van der Waals surface area contributed by atoms with Crippen LogP contribution in [-0.2, 0) is 0 Å². The Morgan fingerprint density at radius 2 is 1.73 bits per heavy atom. The van der Waals surface area contributed by atoms with E-state index in [4.69, 9.17) is 9.15 Å². The average molecular weight is 300 g/mol. The summed E-state index contributed by atoms with van der Waals surface area (Å²) in [6, 6.07) is 8.21. The first-order valence-electron chi connectivity index (χ1n) is 6.42. The molecule has 6 nitrogen and oxygen atoms in total. The maximum absolute atomic E-state index is 12.1. The van der Waals surface area contributed by atoms with Crippen LogP contribution in [0.3, 0.4) is 0 Å². The maximum atomic E-state index is 12.1. The minimum Gasteiger partial charge on any atom is -0.508 e. The van der Waals surface area contributed by atoms with Crippen molar-refractivity contribution in [2.75, 3.05) is 0 Å². The molecule has 0 saturated carbocycles. The lowest BCUT2D eigenvalue weighted by Gasteiger charge is -2.08. The molecule has 0 fully saturated rings. The van der Waals surface area contributed by atoms with Crippen LogP contribution >= 0.6 is 0 Å². The number of hydrogen-bond donors (Lipinski definition) is 3. The molecule has 22 heavy (non-hydrogen) atoms. The van der Waals surface area contributed by atoms with E-state index < -0.39 is 5.43 Å². The fourth-order valence-corrected chi connectivity index (χ4v) is 2.05. The van der Waals surface area contributed by atoms with Crippen LogP contribution in [0.15, 0.2) is 45.6 Å². The van der Waals surface area contributed by atoms with Gasteiger partial charge in [0.2, 0.25) is 0 Å². The minimum atomic E-state index is -0.490. The van der Waals surface area contributed by atoms with Gasteiger partial charge in [0.05, 0.1) is 6.07 Å². The van der Waals surface area contributed by atoms with E-state index in [0.717, 1.165) is 6.07 Å². The molecule has 1 heterocycles. The quantitative estimate of drug-likeness (QED) is 0.672. The third kappa shape index (κ3) is 2.31. The molecule has 0 aliphatic carbocycles. The summed E-state index contributed by atoms with van der Waals surface area (Å²) in [4.78, 5) is 12.1. The zero-order valence-corrected chi connectivity index (χ0v) is 11.5. The van der Waals surface area contributed by atoms with E-state index in [9.17, 15) is 20.1 Å². The van der Waals surface area contributed by atoms with Crippen molar-refractivity contribution in [3.8, 4) is 28.9 Å². The molecule has 0 saturated heterocycles. The van der Waals surface area contributed by atoms with Crippen molar-refractivity contribution in [3.05, 3.63) is 52.2 Å². The van der Waals surface area contributed by atoms with Gasteiger partial charge in [0, 0.05) is 11.6 Å². The second-order valence-electron chi connectivity index (χ2n) is 4.77. The molecule has 0 unspecified atom stereocenters. The minimum absolute atomic E-state index is 0.0156. The van der Waals surface area contributed by atoms with Crippen LogP contribution in [0.25, 0.3) is 11.0 Å². The summed E-state index contributed by atoms with van der Waals surface area (Å²) in [6.45, 7) is 1.49. The second kappa shape index (κ2) is 5.00. The summed E-state index contributed by atoms with van der Waals surface area (Å²) in [5, 5.41) is 28.8. The van der Waals surface area contributed by atoms with E-state index in [-0.39, 0.29) is 39.7 Å². The van der Waals surface area contributed by atoms with Gasteiger partial charge >= 0.3 is 0 Å². The van der Waals surface area contributed by atoms with Gasteiger partial charge in [0.25, 0.3) is 5.95 Å². The molecule has 2 aromatic carbocycles. The van der Waals surface area contributed by atoms with Crippen LogP contribution < -0.4 is 10.2 Å². The van der Waals surface area contributed by atoms with Crippen LogP contribution in [0.1, 0.15) is 5.56 Å². The maximum Gasteiger partial charge on any atom is 0.294 e. The van der Waals surface area contributed by atoms with Crippen LogP contribution in [-0.4, -0.2) is 15.3 Å². The molecule has 0 amide bonds. The Labute approximate surface area is 124 Å². The molecule has 0 aliphatic rings. The van der Waals surface area contributed by atoms with E-state index >= 15 is 0 Å². The normalized spacial score (nSPS) is 10.8. The van der Waals surface area contributed by atoms with E-state index in [1.165, 1.54) is 37.3 Å². The molecule has 112 valence electrons. The molecule has 6 heteroatoms. The Morgan fingerprint density at radius 3 is 2.41 bits per heavy atom. The number of phenols is 3. The van der Waals surface area contributed by atoms with Crippen LogP contribution in [0.4, 0.5) is 0 Å².